The molecule has 4 aromatic rings. The molecule has 0 saturated carbocycles. The number of carboxylic acid groups (broad SMARTS) is 1. The van der Waals surface area contributed by atoms with E-state index in [1.807, 2.05) is 52.6 Å². The van der Waals surface area contributed by atoms with Gasteiger partial charge in [-0.05, 0) is 134 Å². The van der Waals surface area contributed by atoms with E-state index in [9.17, 15) is 19.2 Å². The SMILES string of the molecule is C.CN(C)C(C(=O)O)c1ccsc1.Cc1cc(N)ccc1C(N)=O.Cc1cc(NC(=O)C(c2ccsc2)N(C)C)ccc1C(N)=O. The van der Waals surface area contributed by atoms with Gasteiger partial charge in [0.2, 0.25) is 17.7 Å². The van der Waals surface area contributed by atoms with Crippen LogP contribution in [0.15, 0.2) is 70.1 Å². The molecule has 0 fully saturated rings. The minimum Gasteiger partial charge on any atom is -0.480 e. The average Bonchev–Trinajstić information content (AvgIpc) is 3.64. The van der Waals surface area contributed by atoms with Crippen molar-refractivity contribution in [2.75, 3.05) is 39.2 Å². The summed E-state index contributed by atoms with van der Waals surface area (Å²) in [6.45, 7) is 3.59. The molecule has 0 radical (unpaired) electrons. The van der Waals surface area contributed by atoms with Gasteiger partial charge in [-0.25, -0.2) is 0 Å². The lowest BCUT2D eigenvalue weighted by molar-refractivity contribution is -0.142. The monoisotopic (exact) mass is 668 g/mol. The van der Waals surface area contributed by atoms with Crippen molar-refractivity contribution in [3.05, 3.63) is 103 Å². The number of primary amides is 2. The van der Waals surface area contributed by atoms with Crippen LogP contribution in [0, 0.1) is 13.8 Å². The lowest BCUT2D eigenvalue weighted by atomic mass is 10.1. The van der Waals surface area contributed by atoms with Gasteiger partial charge in [-0.3, -0.25) is 29.0 Å². The average molecular weight is 669 g/mol. The highest BCUT2D eigenvalue weighted by molar-refractivity contribution is 7.08. The van der Waals surface area contributed by atoms with Crippen LogP contribution in [0.5, 0.6) is 0 Å². The molecule has 2 heterocycles. The molecule has 2 unspecified atom stereocenters. The number of thiophene rings is 2. The fourth-order valence-electron chi connectivity index (χ4n) is 4.40. The Morgan fingerprint density at radius 1 is 0.739 bits per heavy atom. The van der Waals surface area contributed by atoms with Gasteiger partial charge in [-0.2, -0.15) is 22.7 Å². The predicted octanol–water partition coefficient (Wildman–Crippen LogP) is 5.14. The van der Waals surface area contributed by atoms with E-state index >= 15 is 0 Å². The van der Waals surface area contributed by atoms with Crippen LogP contribution in [0.3, 0.4) is 0 Å². The smallest absolute Gasteiger partial charge is 0.325 e. The Bertz CT molecular complexity index is 1590. The van der Waals surface area contributed by atoms with Gasteiger partial charge < -0.3 is 27.6 Å². The van der Waals surface area contributed by atoms with Gasteiger partial charge in [0.05, 0.1) is 0 Å². The van der Waals surface area contributed by atoms with Gasteiger partial charge in [0, 0.05) is 22.5 Å². The number of carbonyl (C=O) groups excluding carboxylic acids is 3. The second-order valence-corrected chi connectivity index (χ2v) is 12.1. The normalized spacial score (nSPS) is 11.6. The van der Waals surface area contributed by atoms with Crippen molar-refractivity contribution in [3.8, 4) is 0 Å². The number of benzene rings is 2. The third kappa shape index (κ3) is 11.4. The van der Waals surface area contributed by atoms with Crippen molar-refractivity contribution in [1.82, 2.24) is 9.80 Å². The molecular weight excluding hydrogens is 625 g/mol. The van der Waals surface area contributed by atoms with Crippen LogP contribution in [0.1, 0.15) is 62.5 Å². The summed E-state index contributed by atoms with van der Waals surface area (Å²) in [6.07, 6.45) is 0. The number of aliphatic carboxylic acids is 1. The molecule has 0 aliphatic heterocycles. The van der Waals surface area contributed by atoms with E-state index in [-0.39, 0.29) is 19.4 Å². The van der Waals surface area contributed by atoms with E-state index < -0.39 is 23.8 Å². The summed E-state index contributed by atoms with van der Waals surface area (Å²) in [5.41, 5.74) is 21.5. The zero-order valence-corrected chi connectivity index (χ0v) is 27.7. The van der Waals surface area contributed by atoms with Gasteiger partial charge >= 0.3 is 5.97 Å². The van der Waals surface area contributed by atoms with Crippen molar-refractivity contribution in [3.63, 3.8) is 0 Å². The standard InChI is InChI=1S/C16H19N3O2S.C8H10N2O.C8H11NO2S.CH4/c1-10-8-12(4-5-13(10)15(17)20)18-16(21)14(19(2)3)11-6-7-22-9-11;1-5-4-6(9)2-3-7(5)8(10)11;1-9(2)7(8(10)11)6-3-4-12-5-6;/h4-9,14H,1-3H3,(H2,17,20)(H,18,21);2-4H,9H2,1H3,(H2,10,11);3-5,7H,1-2H3,(H,10,11);1H4. The molecule has 3 amide bonds. The first-order chi connectivity index (χ1) is 21.1. The number of nitrogens with zero attached hydrogens (tertiary/aromatic N) is 2. The first-order valence-corrected chi connectivity index (χ1v) is 15.5. The third-order valence-corrected chi connectivity index (χ3v) is 7.91. The van der Waals surface area contributed by atoms with Gasteiger partial charge in [-0.15, -0.1) is 0 Å². The molecule has 0 saturated heterocycles. The summed E-state index contributed by atoms with van der Waals surface area (Å²) in [5.74, 6) is -1.81. The van der Waals surface area contributed by atoms with Crippen LogP contribution < -0.4 is 22.5 Å². The van der Waals surface area contributed by atoms with Gasteiger partial charge in [0.25, 0.3) is 0 Å². The zero-order valence-electron chi connectivity index (χ0n) is 26.1. The minimum atomic E-state index is -0.807. The Hall–Kier alpha value is -4.56. The number of nitrogens with one attached hydrogen (secondary N) is 1. The highest BCUT2D eigenvalue weighted by Crippen LogP contribution is 2.24. The molecule has 2 aromatic heterocycles. The van der Waals surface area contributed by atoms with Crippen LogP contribution in [0.4, 0.5) is 11.4 Å². The first kappa shape index (κ1) is 39.5. The largest absolute Gasteiger partial charge is 0.480 e. The number of aryl methyl sites for hydroxylation is 2. The Morgan fingerprint density at radius 3 is 1.57 bits per heavy atom. The maximum Gasteiger partial charge on any atom is 0.325 e. The third-order valence-electron chi connectivity index (χ3n) is 6.51. The van der Waals surface area contributed by atoms with E-state index in [2.05, 4.69) is 5.32 Å². The molecule has 46 heavy (non-hydrogen) atoms. The van der Waals surface area contributed by atoms with E-state index in [1.54, 1.807) is 80.6 Å². The molecule has 11 nitrogen and oxygen atoms in total. The number of hydrogen-bond acceptors (Lipinski definition) is 9. The van der Waals surface area contributed by atoms with Crippen LogP contribution in [0.25, 0.3) is 0 Å². The van der Waals surface area contributed by atoms with Crippen molar-refractivity contribution in [2.24, 2.45) is 11.5 Å². The Balaban J connectivity index is 0.000000374. The number of likely N-dealkylation sites (N-methyl/N-ethyl adjacent to an activating group) is 2. The Labute approximate surface area is 278 Å². The Morgan fingerprint density at radius 2 is 1.20 bits per heavy atom. The molecule has 0 aliphatic carbocycles. The van der Waals surface area contributed by atoms with E-state index in [4.69, 9.17) is 22.3 Å². The molecule has 8 N–H and O–H groups in total. The number of carbonyl (C=O) groups is 4. The highest BCUT2D eigenvalue weighted by atomic mass is 32.1. The fourth-order valence-corrected chi connectivity index (χ4v) is 5.76. The minimum absolute atomic E-state index is 0. The molecule has 2 aromatic carbocycles. The van der Waals surface area contributed by atoms with Gasteiger partial charge in [-0.1, -0.05) is 7.43 Å². The van der Waals surface area contributed by atoms with E-state index in [0.29, 0.717) is 22.5 Å². The summed E-state index contributed by atoms with van der Waals surface area (Å²) in [6, 6.07) is 13.0. The molecule has 0 aliphatic rings. The van der Waals surface area contributed by atoms with E-state index in [0.717, 1.165) is 22.3 Å². The Kier molecular flexibility index (Phi) is 15.8. The maximum atomic E-state index is 12.5. The molecule has 13 heteroatoms. The number of amides is 3. The fraction of sp³-hybridized carbons (Fsp3) is 0.273. The topological polar surface area (TPSA) is 185 Å². The second kappa shape index (κ2) is 18.4. The van der Waals surface area contributed by atoms with Crippen molar-refractivity contribution in [2.45, 2.75) is 33.4 Å². The van der Waals surface area contributed by atoms with Crippen molar-refractivity contribution < 1.29 is 24.3 Å². The van der Waals surface area contributed by atoms with Crippen LogP contribution in [-0.4, -0.2) is 66.8 Å². The summed E-state index contributed by atoms with van der Waals surface area (Å²) < 4.78 is 0. The number of rotatable bonds is 9. The number of anilines is 2. The number of nitrogens with two attached hydrogens (primary N) is 3. The van der Waals surface area contributed by atoms with Gasteiger partial charge in [0.15, 0.2) is 0 Å². The van der Waals surface area contributed by atoms with Gasteiger partial charge in [0.1, 0.15) is 12.1 Å². The van der Waals surface area contributed by atoms with E-state index in [1.165, 1.54) is 11.3 Å². The summed E-state index contributed by atoms with van der Waals surface area (Å²) in [5, 5.41) is 19.4. The van der Waals surface area contributed by atoms with Crippen molar-refractivity contribution >= 4 is 57.7 Å². The van der Waals surface area contributed by atoms with Crippen LogP contribution >= 0.6 is 22.7 Å². The lowest BCUT2D eigenvalue weighted by Gasteiger charge is -2.23. The predicted molar refractivity (Wildman–Crippen MR) is 188 cm³/mol. The van der Waals surface area contributed by atoms with Crippen LogP contribution in [0.2, 0.25) is 0 Å². The molecule has 248 valence electrons. The molecule has 2 atom stereocenters. The zero-order chi connectivity index (χ0) is 33.8. The first-order valence-electron chi connectivity index (χ1n) is 13.6. The quantitative estimate of drug-likeness (QED) is 0.152. The van der Waals surface area contributed by atoms with Crippen molar-refractivity contribution in [1.29, 1.82) is 0 Å². The maximum absolute atomic E-state index is 12.5. The summed E-state index contributed by atoms with van der Waals surface area (Å²) >= 11 is 3.07. The molecule has 4 rings (SSSR count). The lowest BCUT2D eigenvalue weighted by Crippen LogP contribution is -2.32. The molecule has 0 spiro atoms. The second-order valence-electron chi connectivity index (χ2n) is 10.5. The number of nitrogen functional groups attached to an aromatic ring is 1. The molecular formula is C33H44N6O5S2. The summed E-state index contributed by atoms with van der Waals surface area (Å²) in [4.78, 5) is 48.8. The number of hydrogen-bond donors (Lipinski definition) is 5. The number of carboxylic acids is 1. The molecule has 0 bridgehead atoms. The summed E-state index contributed by atoms with van der Waals surface area (Å²) in [7, 11) is 7.25. The highest BCUT2D eigenvalue weighted by Gasteiger charge is 2.24. The van der Waals surface area contributed by atoms with Crippen LogP contribution in [-0.2, 0) is 9.59 Å².